The summed E-state index contributed by atoms with van der Waals surface area (Å²) in [6.45, 7) is 4.94. The molecular weight excluding hydrogens is 436 g/mol. The van der Waals surface area contributed by atoms with Crippen molar-refractivity contribution in [3.63, 3.8) is 0 Å². The molecule has 0 aliphatic carbocycles. The summed E-state index contributed by atoms with van der Waals surface area (Å²) in [4.78, 5) is 29.9. The van der Waals surface area contributed by atoms with Gasteiger partial charge in [-0.05, 0) is 49.2 Å². The highest BCUT2D eigenvalue weighted by molar-refractivity contribution is 5.82. The lowest BCUT2D eigenvalue weighted by molar-refractivity contribution is -0.145. The number of amides is 2. The van der Waals surface area contributed by atoms with Crippen molar-refractivity contribution >= 4 is 11.8 Å². The lowest BCUT2D eigenvalue weighted by atomic mass is 10.0. The second-order valence-corrected chi connectivity index (χ2v) is 8.52. The smallest absolute Gasteiger partial charge is 0.227 e. The standard InChI is InChI=1S/C26H34N2O6/c1-17-15-28(26(30)14-20-8-10-22(32-4)24(12-20)34-6)18(2)16-27(17)25(29)13-19-7-9-21(31-3)23(11-19)33-5/h7-12,17-18H,13-16H2,1-6H3. The quantitative estimate of drug-likeness (QED) is 0.590. The third kappa shape index (κ3) is 5.55. The van der Waals surface area contributed by atoms with E-state index in [0.29, 0.717) is 36.1 Å². The van der Waals surface area contributed by atoms with E-state index in [9.17, 15) is 9.59 Å². The van der Waals surface area contributed by atoms with E-state index in [-0.39, 0.29) is 36.7 Å². The van der Waals surface area contributed by atoms with E-state index in [0.717, 1.165) is 11.1 Å². The average Bonchev–Trinajstić information content (AvgIpc) is 2.84. The summed E-state index contributed by atoms with van der Waals surface area (Å²) in [5, 5.41) is 0. The molecule has 8 nitrogen and oxygen atoms in total. The van der Waals surface area contributed by atoms with Crippen LogP contribution in [0.2, 0.25) is 0 Å². The van der Waals surface area contributed by atoms with Gasteiger partial charge >= 0.3 is 0 Å². The third-order valence-corrected chi connectivity index (χ3v) is 6.23. The Bertz CT molecular complexity index is 943. The highest BCUT2D eigenvalue weighted by Gasteiger charge is 2.34. The summed E-state index contributed by atoms with van der Waals surface area (Å²) < 4.78 is 21.2. The molecule has 1 saturated heterocycles. The first-order valence-electron chi connectivity index (χ1n) is 11.3. The molecule has 3 rings (SSSR count). The number of methoxy groups -OCH3 is 4. The van der Waals surface area contributed by atoms with Crippen molar-refractivity contribution < 1.29 is 28.5 Å². The van der Waals surface area contributed by atoms with Crippen molar-refractivity contribution in [2.24, 2.45) is 0 Å². The molecule has 2 aromatic carbocycles. The molecule has 184 valence electrons. The number of hydrogen-bond acceptors (Lipinski definition) is 6. The maximum Gasteiger partial charge on any atom is 0.227 e. The Balaban J connectivity index is 1.64. The monoisotopic (exact) mass is 470 g/mol. The summed E-state index contributed by atoms with van der Waals surface area (Å²) in [7, 11) is 6.31. The Hall–Kier alpha value is -3.42. The van der Waals surface area contributed by atoms with Gasteiger partial charge in [0.05, 0.1) is 41.3 Å². The van der Waals surface area contributed by atoms with Crippen LogP contribution in [0.5, 0.6) is 23.0 Å². The molecule has 34 heavy (non-hydrogen) atoms. The Morgan fingerprint density at radius 2 is 1.03 bits per heavy atom. The van der Waals surface area contributed by atoms with Crippen LogP contribution in [0.25, 0.3) is 0 Å². The molecule has 2 amide bonds. The van der Waals surface area contributed by atoms with Gasteiger partial charge < -0.3 is 28.7 Å². The fourth-order valence-corrected chi connectivity index (χ4v) is 4.36. The second-order valence-electron chi connectivity index (χ2n) is 8.52. The predicted octanol–water partition coefficient (Wildman–Crippen LogP) is 2.95. The number of nitrogens with zero attached hydrogens (tertiary/aromatic N) is 2. The van der Waals surface area contributed by atoms with E-state index in [1.807, 2.05) is 47.9 Å². The average molecular weight is 471 g/mol. The van der Waals surface area contributed by atoms with Crippen molar-refractivity contribution in [1.29, 1.82) is 0 Å². The maximum absolute atomic E-state index is 13.1. The van der Waals surface area contributed by atoms with Crippen molar-refractivity contribution in [1.82, 2.24) is 9.80 Å². The van der Waals surface area contributed by atoms with Crippen molar-refractivity contribution in [3.8, 4) is 23.0 Å². The molecule has 2 atom stereocenters. The molecule has 8 heteroatoms. The van der Waals surface area contributed by atoms with Crippen molar-refractivity contribution in [2.75, 3.05) is 41.5 Å². The fourth-order valence-electron chi connectivity index (χ4n) is 4.36. The van der Waals surface area contributed by atoms with E-state index in [1.165, 1.54) is 0 Å². The van der Waals surface area contributed by atoms with Crippen LogP contribution in [-0.4, -0.2) is 75.2 Å². The van der Waals surface area contributed by atoms with Gasteiger partial charge in [0.25, 0.3) is 0 Å². The Labute approximate surface area is 201 Å². The molecular formula is C26H34N2O6. The number of ether oxygens (including phenoxy) is 4. The van der Waals surface area contributed by atoms with Gasteiger partial charge in [0.1, 0.15) is 0 Å². The van der Waals surface area contributed by atoms with Crippen LogP contribution in [0, 0.1) is 0 Å². The number of piperazine rings is 1. The van der Waals surface area contributed by atoms with Gasteiger partial charge in [-0.25, -0.2) is 0 Å². The Kier molecular flexibility index (Phi) is 8.26. The van der Waals surface area contributed by atoms with Gasteiger partial charge in [-0.15, -0.1) is 0 Å². The number of carbonyl (C=O) groups is 2. The number of carbonyl (C=O) groups excluding carboxylic acids is 2. The molecule has 0 radical (unpaired) electrons. The molecule has 0 N–H and O–H groups in total. The van der Waals surface area contributed by atoms with Crippen LogP contribution in [0.1, 0.15) is 25.0 Å². The molecule has 0 spiro atoms. The molecule has 1 aliphatic heterocycles. The molecule has 1 fully saturated rings. The van der Waals surface area contributed by atoms with Gasteiger partial charge in [0, 0.05) is 25.2 Å². The SMILES string of the molecule is COc1ccc(CC(=O)N2CC(C)N(C(=O)Cc3ccc(OC)c(OC)c3)CC2C)cc1OC. The summed E-state index contributed by atoms with van der Waals surface area (Å²) in [5.74, 6) is 2.50. The lowest BCUT2D eigenvalue weighted by Gasteiger charge is -2.44. The van der Waals surface area contributed by atoms with E-state index in [4.69, 9.17) is 18.9 Å². The highest BCUT2D eigenvalue weighted by atomic mass is 16.5. The van der Waals surface area contributed by atoms with E-state index in [2.05, 4.69) is 0 Å². The zero-order chi connectivity index (χ0) is 24.8. The zero-order valence-electron chi connectivity index (χ0n) is 20.8. The van der Waals surface area contributed by atoms with Crippen LogP contribution < -0.4 is 18.9 Å². The van der Waals surface area contributed by atoms with E-state index in [1.54, 1.807) is 40.6 Å². The predicted molar refractivity (Wildman–Crippen MR) is 129 cm³/mol. The fraction of sp³-hybridized carbons (Fsp3) is 0.462. The number of benzene rings is 2. The lowest BCUT2D eigenvalue weighted by Crippen LogP contribution is -2.60. The van der Waals surface area contributed by atoms with Gasteiger partial charge in [0.15, 0.2) is 23.0 Å². The summed E-state index contributed by atoms with van der Waals surface area (Å²) >= 11 is 0. The molecule has 0 aromatic heterocycles. The summed E-state index contributed by atoms with van der Waals surface area (Å²) in [6, 6.07) is 10.8. The third-order valence-electron chi connectivity index (χ3n) is 6.23. The number of hydrogen-bond donors (Lipinski definition) is 0. The minimum Gasteiger partial charge on any atom is -0.493 e. The summed E-state index contributed by atoms with van der Waals surface area (Å²) in [6.07, 6.45) is 0.522. The largest absolute Gasteiger partial charge is 0.493 e. The number of rotatable bonds is 8. The van der Waals surface area contributed by atoms with E-state index >= 15 is 0 Å². The van der Waals surface area contributed by atoms with Crippen LogP contribution in [0.15, 0.2) is 36.4 Å². The van der Waals surface area contributed by atoms with Gasteiger partial charge in [-0.1, -0.05) is 12.1 Å². The first-order valence-corrected chi connectivity index (χ1v) is 11.3. The molecule has 0 saturated carbocycles. The summed E-state index contributed by atoms with van der Waals surface area (Å²) in [5.41, 5.74) is 1.71. The zero-order valence-corrected chi connectivity index (χ0v) is 20.8. The molecule has 1 heterocycles. The molecule has 2 unspecified atom stereocenters. The van der Waals surface area contributed by atoms with Gasteiger partial charge in [-0.3, -0.25) is 9.59 Å². The van der Waals surface area contributed by atoms with Gasteiger partial charge in [-0.2, -0.15) is 0 Å². The highest BCUT2D eigenvalue weighted by Crippen LogP contribution is 2.29. The molecule has 1 aliphatic rings. The van der Waals surface area contributed by atoms with Crippen LogP contribution >= 0.6 is 0 Å². The first kappa shape index (κ1) is 25.2. The van der Waals surface area contributed by atoms with Crippen molar-refractivity contribution in [3.05, 3.63) is 47.5 Å². The van der Waals surface area contributed by atoms with E-state index < -0.39 is 0 Å². The van der Waals surface area contributed by atoms with Gasteiger partial charge in [0.2, 0.25) is 11.8 Å². The van der Waals surface area contributed by atoms with Crippen LogP contribution in [-0.2, 0) is 22.4 Å². The van der Waals surface area contributed by atoms with Crippen LogP contribution in [0.3, 0.4) is 0 Å². The molecule has 2 aromatic rings. The second kappa shape index (κ2) is 11.1. The van der Waals surface area contributed by atoms with Crippen LogP contribution in [0.4, 0.5) is 0 Å². The minimum absolute atomic E-state index is 0.0264. The Morgan fingerprint density at radius 3 is 1.35 bits per heavy atom. The van der Waals surface area contributed by atoms with Crippen molar-refractivity contribution in [2.45, 2.75) is 38.8 Å². The normalized spacial score (nSPS) is 17.8. The minimum atomic E-state index is -0.0850. The topological polar surface area (TPSA) is 77.5 Å². The first-order chi connectivity index (χ1) is 16.3. The molecule has 0 bridgehead atoms. The Morgan fingerprint density at radius 1 is 0.676 bits per heavy atom. The maximum atomic E-state index is 13.1.